The van der Waals surface area contributed by atoms with Crippen LogP contribution in [0.3, 0.4) is 0 Å². The predicted molar refractivity (Wildman–Crippen MR) is 158 cm³/mol. The molecule has 0 spiro atoms. The molecule has 0 heteroatoms. The number of unbranched alkanes of at least 4 members (excludes halogenated alkanes) is 1. The second kappa shape index (κ2) is 25.9. The van der Waals surface area contributed by atoms with Gasteiger partial charge in [0.05, 0.1) is 0 Å². The SMILES string of the molecule is C.C1=CCC=C1.C1=CCC=C1.C=CCC.C=Cc1ccc(CC)cc1.CCCCC(C)(C)C. The maximum atomic E-state index is 3.69. The molecule has 1 aromatic carbocycles. The molecule has 0 aliphatic heterocycles. The first-order valence-corrected chi connectivity index (χ1v) is 12.3. The number of rotatable bonds is 5. The lowest BCUT2D eigenvalue weighted by atomic mass is 9.90. The monoisotopic (exact) mass is 450 g/mol. The van der Waals surface area contributed by atoms with E-state index in [0.717, 1.165) is 25.7 Å². The molecular weight excluding hydrogens is 396 g/mol. The lowest BCUT2D eigenvalue weighted by Gasteiger charge is -2.16. The number of allylic oxidation sites excluding steroid dienone is 9. The van der Waals surface area contributed by atoms with Crippen LogP contribution in [0.1, 0.15) is 98.6 Å². The summed E-state index contributed by atoms with van der Waals surface area (Å²) >= 11 is 0. The zero-order chi connectivity index (χ0) is 24.5. The van der Waals surface area contributed by atoms with Gasteiger partial charge in [-0.3, -0.25) is 0 Å². The summed E-state index contributed by atoms with van der Waals surface area (Å²) < 4.78 is 0. The van der Waals surface area contributed by atoms with Crippen molar-refractivity contribution in [3.63, 3.8) is 0 Å². The Hall–Kier alpha value is -2.34. The van der Waals surface area contributed by atoms with Crippen LogP contribution in [0.15, 0.2) is 92.1 Å². The van der Waals surface area contributed by atoms with Crippen LogP contribution in [0.2, 0.25) is 0 Å². The van der Waals surface area contributed by atoms with Gasteiger partial charge >= 0.3 is 0 Å². The van der Waals surface area contributed by atoms with Gasteiger partial charge in [-0.05, 0) is 48.6 Å². The number of aryl methyl sites for hydroxylation is 1. The third-order valence-electron chi connectivity index (χ3n) is 4.50. The van der Waals surface area contributed by atoms with Crippen LogP contribution in [-0.4, -0.2) is 0 Å². The van der Waals surface area contributed by atoms with E-state index in [1.54, 1.807) is 0 Å². The topological polar surface area (TPSA) is 0 Å². The lowest BCUT2D eigenvalue weighted by Crippen LogP contribution is -2.03. The maximum absolute atomic E-state index is 3.69. The molecule has 3 rings (SSSR count). The molecule has 0 saturated heterocycles. The summed E-state index contributed by atoms with van der Waals surface area (Å²) in [6.45, 7) is 20.5. The van der Waals surface area contributed by atoms with Crippen molar-refractivity contribution in [1.82, 2.24) is 0 Å². The van der Waals surface area contributed by atoms with E-state index in [1.807, 2.05) is 12.2 Å². The van der Waals surface area contributed by atoms with Crippen LogP contribution in [0.5, 0.6) is 0 Å². The highest BCUT2D eigenvalue weighted by atomic mass is 14.1. The van der Waals surface area contributed by atoms with Crippen LogP contribution < -0.4 is 0 Å². The summed E-state index contributed by atoms with van der Waals surface area (Å²) in [6, 6.07) is 8.45. The largest absolute Gasteiger partial charge is 0.103 e. The summed E-state index contributed by atoms with van der Waals surface area (Å²) in [7, 11) is 0. The fourth-order valence-corrected chi connectivity index (χ4v) is 2.38. The number of benzene rings is 1. The number of hydrogen-bond donors (Lipinski definition) is 0. The molecule has 0 nitrogen and oxygen atoms in total. The molecule has 0 radical (unpaired) electrons. The first-order valence-electron chi connectivity index (χ1n) is 12.3. The minimum Gasteiger partial charge on any atom is -0.103 e. The molecule has 2 aliphatic carbocycles. The minimum atomic E-state index is 0. The molecular formula is C33H54. The summed E-state index contributed by atoms with van der Waals surface area (Å²) in [5, 5.41) is 0. The normalized spacial score (nSPS) is 11.8. The summed E-state index contributed by atoms with van der Waals surface area (Å²) in [5.74, 6) is 0. The Bertz CT molecular complexity index is 615. The second-order valence-electron chi connectivity index (χ2n) is 8.84. The molecule has 1 aromatic rings. The molecule has 0 bridgehead atoms. The smallest absolute Gasteiger partial charge is 0.0163 e. The van der Waals surface area contributed by atoms with E-state index < -0.39 is 0 Å². The van der Waals surface area contributed by atoms with Crippen molar-refractivity contribution in [2.45, 2.75) is 93.9 Å². The van der Waals surface area contributed by atoms with Crippen LogP contribution >= 0.6 is 0 Å². The Morgan fingerprint density at radius 3 is 1.39 bits per heavy atom. The molecule has 0 unspecified atom stereocenters. The first kappa shape index (κ1) is 35.3. The van der Waals surface area contributed by atoms with E-state index in [2.05, 4.69) is 128 Å². The van der Waals surface area contributed by atoms with Gasteiger partial charge < -0.3 is 0 Å². The molecule has 0 heterocycles. The Kier molecular flexibility index (Phi) is 27.7. The third-order valence-corrected chi connectivity index (χ3v) is 4.50. The van der Waals surface area contributed by atoms with Crippen molar-refractivity contribution in [2.24, 2.45) is 5.41 Å². The quantitative estimate of drug-likeness (QED) is 0.391. The average Bonchev–Trinajstić information content (AvgIpc) is 3.57. The van der Waals surface area contributed by atoms with Gasteiger partial charge in [-0.15, -0.1) is 6.58 Å². The van der Waals surface area contributed by atoms with Crippen LogP contribution in [0, 0.1) is 5.41 Å². The Morgan fingerprint density at radius 2 is 1.21 bits per heavy atom. The van der Waals surface area contributed by atoms with Gasteiger partial charge in [0, 0.05) is 0 Å². The molecule has 186 valence electrons. The van der Waals surface area contributed by atoms with Crippen molar-refractivity contribution in [3.8, 4) is 0 Å². The standard InChI is InChI=1S/C10H12.C8H18.2C5H6.C4H8.CH4/c1-3-9-5-7-10(4-2)8-6-9;1-5-6-7-8(2,3)4;2*1-2-4-5-3-1;1-3-4-2;/h3,5-8H,1,4H2,2H3;5-7H2,1-4H3;2*1-4H,5H2;3H,1,4H2,2H3;1H4. The van der Waals surface area contributed by atoms with Gasteiger partial charge in [0.15, 0.2) is 0 Å². The van der Waals surface area contributed by atoms with Crippen molar-refractivity contribution in [1.29, 1.82) is 0 Å². The molecule has 0 N–H and O–H groups in total. The molecule has 0 fully saturated rings. The summed E-state index contributed by atoms with van der Waals surface area (Å²) in [4.78, 5) is 0. The predicted octanol–water partition coefficient (Wildman–Crippen LogP) is 11.3. The van der Waals surface area contributed by atoms with Gasteiger partial charge in [0.2, 0.25) is 0 Å². The molecule has 0 saturated carbocycles. The zero-order valence-electron chi connectivity index (χ0n) is 21.9. The lowest BCUT2D eigenvalue weighted by molar-refractivity contribution is 0.363. The first-order chi connectivity index (χ1) is 15.3. The van der Waals surface area contributed by atoms with Gasteiger partial charge in [-0.25, -0.2) is 0 Å². The molecule has 33 heavy (non-hydrogen) atoms. The summed E-state index contributed by atoms with van der Waals surface area (Å²) in [5.41, 5.74) is 3.12. The van der Waals surface area contributed by atoms with Crippen molar-refractivity contribution in [2.75, 3.05) is 0 Å². The maximum Gasteiger partial charge on any atom is -0.0163 e. The van der Waals surface area contributed by atoms with Crippen LogP contribution in [0.25, 0.3) is 6.08 Å². The fourth-order valence-electron chi connectivity index (χ4n) is 2.38. The van der Waals surface area contributed by atoms with Crippen molar-refractivity contribution >= 4 is 6.08 Å². The van der Waals surface area contributed by atoms with E-state index in [1.165, 1.54) is 30.4 Å². The van der Waals surface area contributed by atoms with Crippen molar-refractivity contribution < 1.29 is 0 Å². The van der Waals surface area contributed by atoms with E-state index in [0.29, 0.717) is 5.41 Å². The third kappa shape index (κ3) is 29.7. The van der Waals surface area contributed by atoms with Gasteiger partial charge in [0.1, 0.15) is 0 Å². The highest BCUT2D eigenvalue weighted by Gasteiger charge is 2.07. The second-order valence-corrected chi connectivity index (χ2v) is 8.84. The van der Waals surface area contributed by atoms with E-state index in [4.69, 9.17) is 0 Å². The number of hydrogen-bond acceptors (Lipinski definition) is 0. The minimum absolute atomic E-state index is 0. The van der Waals surface area contributed by atoms with Gasteiger partial charge in [0.25, 0.3) is 0 Å². The van der Waals surface area contributed by atoms with E-state index in [-0.39, 0.29) is 7.43 Å². The Labute approximate surface area is 208 Å². The highest BCUT2D eigenvalue weighted by Crippen LogP contribution is 2.20. The van der Waals surface area contributed by atoms with E-state index in [9.17, 15) is 0 Å². The molecule has 0 atom stereocenters. The van der Waals surface area contributed by atoms with Gasteiger partial charge in [-0.2, -0.15) is 0 Å². The Morgan fingerprint density at radius 1 is 0.788 bits per heavy atom. The van der Waals surface area contributed by atoms with E-state index >= 15 is 0 Å². The fraction of sp³-hybridized carbons (Fsp3) is 0.455. The highest BCUT2D eigenvalue weighted by molar-refractivity contribution is 5.47. The molecule has 2 aliphatic rings. The van der Waals surface area contributed by atoms with Gasteiger partial charge in [-0.1, -0.05) is 153 Å². The summed E-state index contributed by atoms with van der Waals surface area (Å²) in [6.07, 6.45) is 29.0. The van der Waals surface area contributed by atoms with Crippen LogP contribution in [0.4, 0.5) is 0 Å². The van der Waals surface area contributed by atoms with Crippen molar-refractivity contribution in [3.05, 3.63) is 103 Å². The Balaban J connectivity index is -0.000000353. The molecule has 0 amide bonds. The average molecular weight is 451 g/mol. The molecule has 0 aromatic heterocycles. The zero-order valence-corrected chi connectivity index (χ0v) is 21.9. The van der Waals surface area contributed by atoms with Crippen LogP contribution in [-0.2, 0) is 6.42 Å².